The maximum absolute atomic E-state index is 12.8. The number of carbonyl (C=O) groups excluding carboxylic acids is 2. The molecule has 0 spiro atoms. The minimum absolute atomic E-state index is 0.181. The fourth-order valence-electron chi connectivity index (χ4n) is 2.99. The zero-order chi connectivity index (χ0) is 21.1. The monoisotopic (exact) mass is 404 g/mol. The minimum atomic E-state index is -3.87. The van der Waals surface area contributed by atoms with Gasteiger partial charge >= 0.3 is 5.97 Å². The highest BCUT2D eigenvalue weighted by Crippen LogP contribution is 2.22. The van der Waals surface area contributed by atoms with Gasteiger partial charge in [-0.3, -0.25) is 4.79 Å². The molecular weight excluding hydrogens is 380 g/mol. The van der Waals surface area contributed by atoms with Gasteiger partial charge in [-0.2, -0.15) is 4.72 Å². The van der Waals surface area contributed by atoms with E-state index in [1.807, 2.05) is 6.92 Å². The number of anilines is 1. The molecule has 0 aliphatic heterocycles. The molecule has 2 aromatic rings. The molecular formula is C20H24N2O5S. The Morgan fingerprint density at radius 3 is 2.04 bits per heavy atom. The van der Waals surface area contributed by atoms with Crippen molar-refractivity contribution >= 4 is 27.6 Å². The molecule has 0 aliphatic rings. The lowest BCUT2D eigenvalue weighted by Crippen LogP contribution is -2.41. The number of methoxy groups -OCH3 is 1. The Morgan fingerprint density at radius 2 is 1.54 bits per heavy atom. The van der Waals surface area contributed by atoms with Gasteiger partial charge in [-0.05, 0) is 63.1 Å². The van der Waals surface area contributed by atoms with Crippen molar-refractivity contribution in [2.75, 3.05) is 12.4 Å². The standard InChI is InChI=1S/C20H24N2O5S/c1-12-10-13(2)18(14(3)11-12)28(25,26)22-15(4)19(23)21-17-8-6-16(7-9-17)20(24)27-5/h6-11,15,22H,1-5H3,(H,21,23). The van der Waals surface area contributed by atoms with Gasteiger partial charge < -0.3 is 10.1 Å². The van der Waals surface area contributed by atoms with E-state index < -0.39 is 27.9 Å². The van der Waals surface area contributed by atoms with E-state index in [4.69, 9.17) is 0 Å². The molecule has 0 aromatic heterocycles. The van der Waals surface area contributed by atoms with Gasteiger partial charge in [0, 0.05) is 5.69 Å². The Hall–Kier alpha value is -2.71. The van der Waals surface area contributed by atoms with Crippen LogP contribution >= 0.6 is 0 Å². The third-order valence-corrected chi connectivity index (χ3v) is 6.02. The van der Waals surface area contributed by atoms with Crippen molar-refractivity contribution < 1.29 is 22.7 Å². The van der Waals surface area contributed by atoms with E-state index in [0.717, 1.165) is 5.56 Å². The number of hydrogen-bond donors (Lipinski definition) is 2. The summed E-state index contributed by atoms with van der Waals surface area (Å²) in [5, 5.41) is 2.62. The highest BCUT2D eigenvalue weighted by Gasteiger charge is 2.25. The third-order valence-electron chi connectivity index (χ3n) is 4.17. The fourth-order valence-corrected chi connectivity index (χ4v) is 4.65. The molecule has 8 heteroatoms. The molecule has 2 N–H and O–H groups in total. The second-order valence-corrected chi connectivity index (χ2v) is 8.28. The molecule has 0 bridgehead atoms. The first-order valence-corrected chi connectivity index (χ1v) is 10.1. The minimum Gasteiger partial charge on any atom is -0.465 e. The molecule has 0 radical (unpaired) electrons. The highest BCUT2D eigenvalue weighted by atomic mass is 32.2. The first kappa shape index (κ1) is 21.6. The highest BCUT2D eigenvalue weighted by molar-refractivity contribution is 7.89. The van der Waals surface area contributed by atoms with E-state index in [1.54, 1.807) is 38.1 Å². The fraction of sp³-hybridized carbons (Fsp3) is 0.300. The molecule has 0 fully saturated rings. The smallest absolute Gasteiger partial charge is 0.337 e. The zero-order valence-corrected chi connectivity index (χ0v) is 17.3. The first-order chi connectivity index (χ1) is 13.0. The average Bonchev–Trinajstić information content (AvgIpc) is 2.60. The van der Waals surface area contributed by atoms with Crippen LogP contribution in [0.15, 0.2) is 41.3 Å². The third kappa shape index (κ3) is 4.96. The largest absolute Gasteiger partial charge is 0.465 e. The Labute approximate surface area is 165 Å². The van der Waals surface area contributed by atoms with Crippen molar-refractivity contribution in [3.05, 3.63) is 58.7 Å². The Bertz CT molecular complexity index is 975. The van der Waals surface area contributed by atoms with Crippen LogP contribution < -0.4 is 10.0 Å². The molecule has 150 valence electrons. The quantitative estimate of drug-likeness (QED) is 0.721. The summed E-state index contributed by atoms with van der Waals surface area (Å²) in [6.07, 6.45) is 0. The number of amides is 1. The zero-order valence-electron chi connectivity index (χ0n) is 16.5. The number of benzene rings is 2. The van der Waals surface area contributed by atoms with E-state index in [0.29, 0.717) is 22.4 Å². The molecule has 1 atom stereocenters. The summed E-state index contributed by atoms with van der Waals surface area (Å²) in [5.41, 5.74) is 2.99. The number of aryl methyl sites for hydroxylation is 3. The molecule has 2 aromatic carbocycles. The van der Waals surface area contributed by atoms with Gasteiger partial charge in [-0.1, -0.05) is 17.7 Å². The number of ether oxygens (including phenoxy) is 1. The van der Waals surface area contributed by atoms with Crippen molar-refractivity contribution in [1.82, 2.24) is 4.72 Å². The van der Waals surface area contributed by atoms with Crippen LogP contribution in [0, 0.1) is 20.8 Å². The van der Waals surface area contributed by atoms with E-state index in [9.17, 15) is 18.0 Å². The molecule has 0 saturated heterocycles. The molecule has 0 heterocycles. The van der Waals surface area contributed by atoms with Gasteiger partial charge in [0.05, 0.1) is 23.6 Å². The average molecular weight is 404 g/mol. The van der Waals surface area contributed by atoms with Gasteiger partial charge in [-0.15, -0.1) is 0 Å². The van der Waals surface area contributed by atoms with Crippen molar-refractivity contribution in [3.63, 3.8) is 0 Å². The van der Waals surface area contributed by atoms with Crippen LogP contribution in [-0.2, 0) is 19.6 Å². The molecule has 0 saturated carbocycles. The van der Waals surface area contributed by atoms with Crippen LogP contribution in [0.1, 0.15) is 34.0 Å². The van der Waals surface area contributed by atoms with Crippen LogP contribution in [0.4, 0.5) is 5.69 Å². The van der Waals surface area contributed by atoms with Gasteiger partial charge in [0.2, 0.25) is 15.9 Å². The van der Waals surface area contributed by atoms with E-state index in [-0.39, 0.29) is 4.90 Å². The lowest BCUT2D eigenvalue weighted by atomic mass is 10.1. The summed E-state index contributed by atoms with van der Waals surface area (Å²) in [4.78, 5) is 24.0. The lowest BCUT2D eigenvalue weighted by molar-refractivity contribution is -0.117. The van der Waals surface area contributed by atoms with Crippen LogP contribution in [0.3, 0.4) is 0 Å². The van der Waals surface area contributed by atoms with E-state index in [2.05, 4.69) is 14.8 Å². The van der Waals surface area contributed by atoms with Gasteiger partial charge in [0.25, 0.3) is 0 Å². The molecule has 1 unspecified atom stereocenters. The predicted molar refractivity (Wildman–Crippen MR) is 107 cm³/mol. The second kappa shape index (κ2) is 8.53. The number of hydrogen-bond acceptors (Lipinski definition) is 5. The Kier molecular flexibility index (Phi) is 6.58. The van der Waals surface area contributed by atoms with Crippen molar-refractivity contribution in [2.24, 2.45) is 0 Å². The molecule has 7 nitrogen and oxygen atoms in total. The lowest BCUT2D eigenvalue weighted by Gasteiger charge is -2.17. The predicted octanol–water partition coefficient (Wildman–Crippen LogP) is 2.70. The summed E-state index contributed by atoms with van der Waals surface area (Å²) in [7, 11) is -2.59. The SMILES string of the molecule is COC(=O)c1ccc(NC(=O)C(C)NS(=O)(=O)c2c(C)cc(C)cc2C)cc1. The molecule has 2 rings (SSSR count). The van der Waals surface area contributed by atoms with E-state index in [1.165, 1.54) is 26.2 Å². The summed E-state index contributed by atoms with van der Waals surface area (Å²) >= 11 is 0. The van der Waals surface area contributed by atoms with Crippen LogP contribution in [0.2, 0.25) is 0 Å². The Balaban J connectivity index is 2.12. The van der Waals surface area contributed by atoms with Gasteiger partial charge in [0.1, 0.15) is 0 Å². The van der Waals surface area contributed by atoms with Crippen molar-refractivity contribution in [3.8, 4) is 0 Å². The van der Waals surface area contributed by atoms with Crippen LogP contribution in [0.5, 0.6) is 0 Å². The van der Waals surface area contributed by atoms with Crippen molar-refractivity contribution in [2.45, 2.75) is 38.6 Å². The molecule has 1 amide bonds. The Morgan fingerprint density at radius 1 is 1.00 bits per heavy atom. The number of carbonyl (C=O) groups is 2. The van der Waals surface area contributed by atoms with Crippen LogP contribution in [0.25, 0.3) is 0 Å². The summed E-state index contributed by atoms with van der Waals surface area (Å²) in [6, 6.07) is 8.68. The summed E-state index contributed by atoms with van der Waals surface area (Å²) < 4.78 is 32.6. The van der Waals surface area contributed by atoms with Crippen molar-refractivity contribution in [1.29, 1.82) is 0 Å². The molecule has 28 heavy (non-hydrogen) atoms. The maximum Gasteiger partial charge on any atom is 0.337 e. The maximum atomic E-state index is 12.8. The second-order valence-electron chi connectivity index (χ2n) is 6.63. The normalized spacial score (nSPS) is 12.3. The molecule has 0 aliphatic carbocycles. The van der Waals surface area contributed by atoms with Crippen LogP contribution in [-0.4, -0.2) is 33.4 Å². The summed E-state index contributed by atoms with van der Waals surface area (Å²) in [5.74, 6) is -1.00. The van der Waals surface area contributed by atoms with E-state index >= 15 is 0 Å². The van der Waals surface area contributed by atoms with Gasteiger partial charge in [0.15, 0.2) is 0 Å². The number of sulfonamides is 1. The first-order valence-electron chi connectivity index (χ1n) is 8.64. The topological polar surface area (TPSA) is 102 Å². The number of nitrogens with one attached hydrogen (secondary N) is 2. The summed E-state index contributed by atoms with van der Waals surface area (Å²) in [6.45, 7) is 6.81. The number of esters is 1. The van der Waals surface area contributed by atoms with Gasteiger partial charge in [-0.25, -0.2) is 13.2 Å². The number of rotatable bonds is 6.